The van der Waals surface area contributed by atoms with Crippen LogP contribution in [-0.4, -0.2) is 23.2 Å². The maximum absolute atomic E-state index is 13.7. The third kappa shape index (κ3) is 5.20. The van der Waals surface area contributed by atoms with E-state index in [9.17, 15) is 9.18 Å². The van der Waals surface area contributed by atoms with Gasteiger partial charge < -0.3 is 4.74 Å². The monoisotopic (exact) mass is 511 g/mol. The van der Waals surface area contributed by atoms with Crippen LogP contribution < -0.4 is 9.75 Å². The van der Waals surface area contributed by atoms with Gasteiger partial charge >= 0.3 is 0 Å². The van der Waals surface area contributed by atoms with Crippen molar-refractivity contribution in [1.82, 2.24) is 4.98 Å². The van der Waals surface area contributed by atoms with Gasteiger partial charge in [-0.05, 0) is 74.0 Å². The van der Waals surface area contributed by atoms with Gasteiger partial charge in [0, 0.05) is 10.0 Å². The summed E-state index contributed by atoms with van der Waals surface area (Å²) in [5.74, 6) is -0.0319. The molecule has 0 saturated carbocycles. The number of halogens is 2. The van der Waals surface area contributed by atoms with Crippen LogP contribution in [0.1, 0.15) is 29.8 Å². The molecule has 5 nitrogen and oxygen atoms in total. The number of amides is 1. The van der Waals surface area contributed by atoms with Crippen molar-refractivity contribution in [2.45, 2.75) is 20.0 Å². The van der Waals surface area contributed by atoms with E-state index in [0.29, 0.717) is 26.7 Å². The molecule has 0 aliphatic rings. The quantitative estimate of drug-likeness (QED) is 0.214. The van der Waals surface area contributed by atoms with Crippen LogP contribution >= 0.6 is 27.3 Å². The van der Waals surface area contributed by atoms with Gasteiger partial charge in [-0.1, -0.05) is 39.4 Å². The van der Waals surface area contributed by atoms with E-state index in [1.807, 2.05) is 38.1 Å². The first-order chi connectivity index (χ1) is 15.4. The number of carbonyl (C=O) groups excluding carboxylic acids is 1. The molecule has 0 unspecified atom stereocenters. The van der Waals surface area contributed by atoms with E-state index >= 15 is 0 Å². The van der Waals surface area contributed by atoms with Crippen LogP contribution in [0.5, 0.6) is 5.75 Å². The first-order valence-corrected chi connectivity index (χ1v) is 11.5. The second-order valence-electron chi connectivity index (χ2n) is 7.21. The summed E-state index contributed by atoms with van der Waals surface area (Å²) >= 11 is 4.60. The topological polar surface area (TPSA) is 54.8 Å². The summed E-state index contributed by atoms with van der Waals surface area (Å²) in [5, 5.41) is 6.02. The van der Waals surface area contributed by atoms with E-state index in [0.717, 1.165) is 10.0 Å². The summed E-state index contributed by atoms with van der Waals surface area (Å²) in [6.07, 6.45) is 1.62. The third-order valence-electron chi connectivity index (χ3n) is 4.38. The number of benzene rings is 3. The Kier molecular flexibility index (Phi) is 6.62. The highest BCUT2D eigenvalue weighted by atomic mass is 79.9. The normalized spacial score (nSPS) is 11.4. The smallest absolute Gasteiger partial charge is 0.280 e. The number of aromatic nitrogens is 1. The predicted octanol–water partition coefficient (Wildman–Crippen LogP) is 6.67. The van der Waals surface area contributed by atoms with Gasteiger partial charge in [0.15, 0.2) is 0 Å². The zero-order valence-corrected chi connectivity index (χ0v) is 19.7. The SMILES string of the molecule is CC(C)Oc1ccc(C(=O)N(/N=C/c2ccc(Br)cc2)c2nc3ccc(F)cc3s2)cc1. The highest BCUT2D eigenvalue weighted by Crippen LogP contribution is 2.31. The van der Waals surface area contributed by atoms with Gasteiger partial charge in [0.05, 0.1) is 22.5 Å². The summed E-state index contributed by atoms with van der Waals surface area (Å²) in [7, 11) is 0. The average Bonchev–Trinajstić information content (AvgIpc) is 3.18. The van der Waals surface area contributed by atoms with Crippen molar-refractivity contribution in [3.05, 3.63) is 88.1 Å². The van der Waals surface area contributed by atoms with E-state index < -0.39 is 0 Å². The van der Waals surface area contributed by atoms with Crippen LogP contribution in [0, 0.1) is 5.82 Å². The van der Waals surface area contributed by atoms with Gasteiger partial charge in [0.1, 0.15) is 11.6 Å². The molecule has 0 atom stereocenters. The Balaban J connectivity index is 1.70. The maximum Gasteiger partial charge on any atom is 0.280 e. The first-order valence-electron chi connectivity index (χ1n) is 9.86. The van der Waals surface area contributed by atoms with Crippen LogP contribution in [-0.2, 0) is 0 Å². The number of thiazole rings is 1. The highest BCUT2D eigenvalue weighted by Gasteiger charge is 2.21. The van der Waals surface area contributed by atoms with Crippen LogP contribution in [0.25, 0.3) is 10.2 Å². The Morgan fingerprint density at radius 2 is 1.84 bits per heavy atom. The Morgan fingerprint density at radius 3 is 2.53 bits per heavy atom. The molecule has 0 aliphatic heterocycles. The summed E-state index contributed by atoms with van der Waals surface area (Å²) in [6, 6.07) is 18.7. The fourth-order valence-corrected chi connectivity index (χ4v) is 4.12. The molecular formula is C24H19BrFN3O2S. The molecule has 8 heteroatoms. The highest BCUT2D eigenvalue weighted by molar-refractivity contribution is 9.10. The molecule has 1 amide bonds. The molecule has 32 heavy (non-hydrogen) atoms. The lowest BCUT2D eigenvalue weighted by Gasteiger charge is -2.15. The minimum atomic E-state index is -0.357. The fraction of sp³-hybridized carbons (Fsp3) is 0.125. The van der Waals surface area contributed by atoms with Crippen molar-refractivity contribution in [1.29, 1.82) is 0 Å². The van der Waals surface area contributed by atoms with Crippen molar-refractivity contribution < 1.29 is 13.9 Å². The van der Waals surface area contributed by atoms with E-state index in [2.05, 4.69) is 26.0 Å². The minimum absolute atomic E-state index is 0.0340. The van der Waals surface area contributed by atoms with Gasteiger partial charge in [0.25, 0.3) is 5.91 Å². The van der Waals surface area contributed by atoms with Gasteiger partial charge in [-0.2, -0.15) is 10.1 Å². The number of hydrogen-bond donors (Lipinski definition) is 0. The largest absolute Gasteiger partial charge is 0.491 e. The molecule has 0 radical (unpaired) electrons. The molecule has 4 aromatic rings. The lowest BCUT2D eigenvalue weighted by atomic mass is 10.2. The third-order valence-corrected chi connectivity index (χ3v) is 5.90. The maximum atomic E-state index is 13.7. The summed E-state index contributed by atoms with van der Waals surface area (Å²) < 4.78 is 20.9. The zero-order chi connectivity index (χ0) is 22.7. The number of hydrazone groups is 1. The van der Waals surface area contributed by atoms with E-state index in [-0.39, 0.29) is 17.8 Å². The van der Waals surface area contributed by atoms with Crippen molar-refractivity contribution in [2.24, 2.45) is 5.10 Å². The standard InChI is InChI=1S/C24H19BrFN3O2S/c1-15(2)31-20-10-5-17(6-11-20)23(30)29(27-14-16-3-7-18(25)8-4-16)24-28-21-12-9-19(26)13-22(21)32-24/h3-15H,1-2H3/b27-14+. The average molecular weight is 512 g/mol. The van der Waals surface area contributed by atoms with Crippen molar-refractivity contribution >= 4 is 54.7 Å². The Hall–Kier alpha value is -3.10. The van der Waals surface area contributed by atoms with Gasteiger partial charge in [-0.3, -0.25) is 4.79 Å². The lowest BCUT2D eigenvalue weighted by molar-refractivity contribution is 0.0988. The number of fused-ring (bicyclic) bond motifs is 1. The second kappa shape index (κ2) is 9.58. The van der Waals surface area contributed by atoms with Crippen LogP contribution in [0.15, 0.2) is 76.3 Å². The van der Waals surface area contributed by atoms with Crippen LogP contribution in [0.4, 0.5) is 9.52 Å². The summed E-state index contributed by atoms with van der Waals surface area (Å²) in [5.41, 5.74) is 1.85. The Bertz CT molecular complexity index is 1270. The summed E-state index contributed by atoms with van der Waals surface area (Å²) in [4.78, 5) is 17.8. The van der Waals surface area contributed by atoms with Crippen molar-refractivity contribution in [3.63, 3.8) is 0 Å². The Morgan fingerprint density at radius 1 is 1.12 bits per heavy atom. The summed E-state index contributed by atoms with van der Waals surface area (Å²) in [6.45, 7) is 3.88. The molecule has 4 rings (SSSR count). The van der Waals surface area contributed by atoms with E-state index in [4.69, 9.17) is 4.74 Å². The molecule has 1 heterocycles. The number of carbonyl (C=O) groups is 1. The molecular weight excluding hydrogens is 493 g/mol. The van der Waals surface area contributed by atoms with Gasteiger partial charge in [0.2, 0.25) is 5.13 Å². The number of hydrogen-bond acceptors (Lipinski definition) is 5. The molecule has 0 fully saturated rings. The fourth-order valence-electron chi connectivity index (χ4n) is 2.91. The number of rotatable bonds is 6. The molecule has 162 valence electrons. The molecule has 3 aromatic carbocycles. The first kappa shape index (κ1) is 22.1. The number of nitrogens with zero attached hydrogens (tertiary/aromatic N) is 3. The van der Waals surface area contributed by atoms with E-state index in [1.165, 1.54) is 28.5 Å². The Labute approximate surface area is 197 Å². The van der Waals surface area contributed by atoms with Gasteiger partial charge in [-0.15, -0.1) is 0 Å². The number of anilines is 1. The van der Waals surface area contributed by atoms with Crippen LogP contribution in [0.3, 0.4) is 0 Å². The van der Waals surface area contributed by atoms with E-state index in [1.54, 1.807) is 36.5 Å². The molecule has 0 aliphatic carbocycles. The molecule has 1 aromatic heterocycles. The molecule has 0 saturated heterocycles. The van der Waals surface area contributed by atoms with Crippen molar-refractivity contribution in [2.75, 3.05) is 5.01 Å². The number of ether oxygens (including phenoxy) is 1. The predicted molar refractivity (Wildman–Crippen MR) is 130 cm³/mol. The van der Waals surface area contributed by atoms with Gasteiger partial charge in [-0.25, -0.2) is 9.37 Å². The molecule has 0 spiro atoms. The van der Waals surface area contributed by atoms with Crippen LogP contribution in [0.2, 0.25) is 0 Å². The lowest BCUT2D eigenvalue weighted by Crippen LogP contribution is -2.25. The minimum Gasteiger partial charge on any atom is -0.491 e. The van der Waals surface area contributed by atoms with Crippen molar-refractivity contribution in [3.8, 4) is 5.75 Å². The zero-order valence-electron chi connectivity index (χ0n) is 17.3. The molecule has 0 N–H and O–H groups in total. The molecule has 0 bridgehead atoms. The second-order valence-corrected chi connectivity index (χ2v) is 9.14.